The molecule has 3 aromatic rings. The fourth-order valence-electron chi connectivity index (χ4n) is 2.05. The molecule has 1 heterocycles. The Hall–Kier alpha value is -2.20. The lowest BCUT2D eigenvalue weighted by atomic mass is 10.0. The second-order valence-electron chi connectivity index (χ2n) is 4.11. The molecular weight excluding hydrogens is 226 g/mol. The Morgan fingerprint density at radius 1 is 0.944 bits per heavy atom. The van der Waals surface area contributed by atoms with E-state index < -0.39 is 0 Å². The molecule has 0 fully saturated rings. The fourth-order valence-corrected chi connectivity index (χ4v) is 2.05. The monoisotopic (exact) mass is 239 g/mol. The van der Waals surface area contributed by atoms with E-state index in [2.05, 4.69) is 34.5 Å². The number of nitrogens with zero attached hydrogens (tertiary/aromatic N) is 2. The number of nitrogens with two attached hydrogens (primary N) is 1. The zero-order valence-electron chi connectivity index (χ0n) is 9.84. The van der Waals surface area contributed by atoms with Crippen LogP contribution in [0.1, 0.15) is 17.3 Å². The summed E-state index contributed by atoms with van der Waals surface area (Å²) in [5, 5.41) is 10.3. The van der Waals surface area contributed by atoms with Crippen LogP contribution in [0.15, 0.2) is 46.9 Å². The lowest BCUT2D eigenvalue weighted by Crippen LogP contribution is -1.95. The average molecular weight is 239 g/mol. The van der Waals surface area contributed by atoms with Crippen molar-refractivity contribution in [2.45, 2.75) is 13.0 Å². The van der Waals surface area contributed by atoms with Gasteiger partial charge in [-0.05, 0) is 16.3 Å². The minimum absolute atomic E-state index is 0.280. The maximum atomic E-state index is 5.45. The third kappa shape index (κ3) is 1.98. The lowest BCUT2D eigenvalue weighted by Gasteiger charge is -2.03. The van der Waals surface area contributed by atoms with E-state index >= 15 is 0 Å². The van der Waals surface area contributed by atoms with E-state index in [1.165, 1.54) is 16.3 Å². The molecule has 0 saturated heterocycles. The molecule has 0 bridgehead atoms. The molecule has 18 heavy (non-hydrogen) atoms. The number of aromatic nitrogens is 2. The molecule has 0 aliphatic rings. The molecule has 90 valence electrons. The van der Waals surface area contributed by atoms with Gasteiger partial charge in [-0.15, -0.1) is 10.2 Å². The standard InChI is InChI=1S/C14H13N3O/c15-9-14-17-16-13(18-14)8-11-6-3-5-10-4-1-2-7-12(10)11/h1-7H,8-9,15H2. The molecule has 0 unspecified atom stereocenters. The summed E-state index contributed by atoms with van der Waals surface area (Å²) in [6, 6.07) is 14.5. The Morgan fingerprint density at radius 2 is 1.72 bits per heavy atom. The predicted octanol–water partition coefficient (Wildman–Crippen LogP) is 2.27. The van der Waals surface area contributed by atoms with Gasteiger partial charge in [0.15, 0.2) is 0 Å². The van der Waals surface area contributed by atoms with Crippen molar-refractivity contribution in [2.75, 3.05) is 0 Å². The number of hydrogen-bond donors (Lipinski definition) is 1. The summed E-state index contributed by atoms with van der Waals surface area (Å²) in [4.78, 5) is 0. The summed E-state index contributed by atoms with van der Waals surface area (Å²) in [5.41, 5.74) is 6.63. The van der Waals surface area contributed by atoms with Gasteiger partial charge >= 0.3 is 0 Å². The molecule has 2 N–H and O–H groups in total. The molecule has 4 nitrogen and oxygen atoms in total. The van der Waals surface area contributed by atoms with Gasteiger partial charge in [0.25, 0.3) is 0 Å². The molecule has 3 rings (SSSR count). The normalized spacial score (nSPS) is 10.9. The Morgan fingerprint density at radius 3 is 2.56 bits per heavy atom. The first-order valence-corrected chi connectivity index (χ1v) is 5.85. The second kappa shape index (κ2) is 4.58. The Kier molecular flexibility index (Phi) is 2.78. The van der Waals surface area contributed by atoms with Gasteiger partial charge in [-0.25, -0.2) is 0 Å². The summed E-state index contributed by atoms with van der Waals surface area (Å²) in [6.45, 7) is 0.280. The van der Waals surface area contributed by atoms with Crippen LogP contribution in [0.3, 0.4) is 0 Å². The zero-order valence-corrected chi connectivity index (χ0v) is 9.84. The smallest absolute Gasteiger partial charge is 0.230 e. The van der Waals surface area contributed by atoms with Gasteiger partial charge in [-0.3, -0.25) is 0 Å². The third-order valence-corrected chi connectivity index (χ3v) is 2.90. The van der Waals surface area contributed by atoms with Crippen molar-refractivity contribution in [3.63, 3.8) is 0 Å². The van der Waals surface area contributed by atoms with Crippen LogP contribution in [0, 0.1) is 0 Å². The number of benzene rings is 2. The van der Waals surface area contributed by atoms with Crippen molar-refractivity contribution in [3.8, 4) is 0 Å². The third-order valence-electron chi connectivity index (χ3n) is 2.90. The first kappa shape index (κ1) is 10.9. The summed E-state index contributed by atoms with van der Waals surface area (Å²) >= 11 is 0. The fraction of sp³-hybridized carbons (Fsp3) is 0.143. The zero-order chi connectivity index (χ0) is 12.4. The van der Waals surface area contributed by atoms with Gasteiger partial charge in [0.05, 0.1) is 13.0 Å². The van der Waals surface area contributed by atoms with Crippen LogP contribution in [0.5, 0.6) is 0 Å². The van der Waals surface area contributed by atoms with Crippen LogP contribution in [-0.4, -0.2) is 10.2 Å². The quantitative estimate of drug-likeness (QED) is 0.761. The Balaban J connectivity index is 1.99. The molecule has 0 saturated carbocycles. The molecule has 0 amide bonds. The van der Waals surface area contributed by atoms with E-state index in [4.69, 9.17) is 10.2 Å². The highest BCUT2D eigenvalue weighted by Gasteiger charge is 2.07. The average Bonchev–Trinajstić information content (AvgIpc) is 2.87. The van der Waals surface area contributed by atoms with Gasteiger partial charge in [0, 0.05) is 0 Å². The molecule has 0 radical (unpaired) electrons. The van der Waals surface area contributed by atoms with Crippen molar-refractivity contribution in [1.82, 2.24) is 10.2 Å². The lowest BCUT2D eigenvalue weighted by molar-refractivity contribution is 0.460. The Bertz CT molecular complexity index is 670. The predicted molar refractivity (Wildman–Crippen MR) is 68.9 cm³/mol. The first-order chi connectivity index (χ1) is 8.86. The first-order valence-electron chi connectivity index (χ1n) is 5.85. The SMILES string of the molecule is NCc1nnc(Cc2cccc3ccccc23)o1. The number of fused-ring (bicyclic) bond motifs is 1. The molecular formula is C14H13N3O. The van der Waals surface area contributed by atoms with Crippen LogP contribution >= 0.6 is 0 Å². The number of hydrogen-bond acceptors (Lipinski definition) is 4. The highest BCUT2D eigenvalue weighted by Crippen LogP contribution is 2.20. The van der Waals surface area contributed by atoms with Gasteiger partial charge in [0.2, 0.25) is 11.8 Å². The van der Waals surface area contributed by atoms with Crippen LogP contribution in [-0.2, 0) is 13.0 Å². The van der Waals surface area contributed by atoms with E-state index in [1.807, 2.05) is 18.2 Å². The minimum atomic E-state index is 0.280. The van der Waals surface area contributed by atoms with Crippen molar-refractivity contribution < 1.29 is 4.42 Å². The molecule has 0 aliphatic carbocycles. The molecule has 0 aliphatic heterocycles. The summed E-state index contributed by atoms with van der Waals surface area (Å²) < 4.78 is 5.44. The van der Waals surface area contributed by atoms with E-state index in [0.717, 1.165) is 0 Å². The van der Waals surface area contributed by atoms with Gasteiger partial charge in [0.1, 0.15) is 0 Å². The maximum absolute atomic E-state index is 5.45. The largest absolute Gasteiger partial charge is 0.424 e. The summed E-state index contributed by atoms with van der Waals surface area (Å²) in [6.07, 6.45) is 0.633. The van der Waals surface area contributed by atoms with Crippen molar-refractivity contribution in [2.24, 2.45) is 5.73 Å². The van der Waals surface area contributed by atoms with E-state index in [9.17, 15) is 0 Å². The molecule has 0 spiro atoms. The topological polar surface area (TPSA) is 64.9 Å². The van der Waals surface area contributed by atoms with E-state index in [0.29, 0.717) is 18.2 Å². The highest BCUT2D eigenvalue weighted by atomic mass is 16.4. The van der Waals surface area contributed by atoms with Crippen LogP contribution in [0.4, 0.5) is 0 Å². The maximum Gasteiger partial charge on any atom is 0.230 e. The van der Waals surface area contributed by atoms with E-state index in [1.54, 1.807) is 0 Å². The highest BCUT2D eigenvalue weighted by molar-refractivity contribution is 5.85. The summed E-state index contributed by atoms with van der Waals surface area (Å²) in [7, 11) is 0. The van der Waals surface area contributed by atoms with Crippen molar-refractivity contribution in [1.29, 1.82) is 0 Å². The van der Waals surface area contributed by atoms with Gasteiger partial charge in [-0.2, -0.15) is 0 Å². The molecule has 1 aromatic heterocycles. The second-order valence-corrected chi connectivity index (χ2v) is 4.11. The van der Waals surface area contributed by atoms with Crippen molar-refractivity contribution >= 4 is 10.8 Å². The molecule has 4 heteroatoms. The van der Waals surface area contributed by atoms with Gasteiger partial charge < -0.3 is 10.2 Å². The van der Waals surface area contributed by atoms with Crippen LogP contribution in [0.2, 0.25) is 0 Å². The number of rotatable bonds is 3. The van der Waals surface area contributed by atoms with Crippen molar-refractivity contribution in [3.05, 3.63) is 59.8 Å². The van der Waals surface area contributed by atoms with E-state index in [-0.39, 0.29) is 6.54 Å². The molecule has 2 aromatic carbocycles. The Labute approximate surface area is 104 Å². The summed E-state index contributed by atoms with van der Waals surface area (Å²) in [5.74, 6) is 1.08. The van der Waals surface area contributed by atoms with Gasteiger partial charge in [-0.1, -0.05) is 42.5 Å². The minimum Gasteiger partial charge on any atom is -0.424 e. The van der Waals surface area contributed by atoms with Crippen LogP contribution < -0.4 is 5.73 Å². The molecule has 0 atom stereocenters. The van der Waals surface area contributed by atoms with Crippen LogP contribution in [0.25, 0.3) is 10.8 Å².